The molecule has 3 aliphatic rings. The Hall–Kier alpha value is -2.61. The summed E-state index contributed by atoms with van der Waals surface area (Å²) >= 11 is 0. The number of hydrogen-bond donors (Lipinski definition) is 0. The van der Waals surface area contributed by atoms with Gasteiger partial charge in [0.05, 0.1) is 25.3 Å². The number of hydrogen-bond acceptors (Lipinski definition) is 5. The number of morpholine rings is 1. The summed E-state index contributed by atoms with van der Waals surface area (Å²) < 4.78 is 32.3. The van der Waals surface area contributed by atoms with Crippen LogP contribution in [0.15, 0.2) is 29.0 Å². The molecule has 27 heavy (non-hydrogen) atoms. The van der Waals surface area contributed by atoms with Crippen LogP contribution in [0.5, 0.6) is 0 Å². The van der Waals surface area contributed by atoms with Crippen LogP contribution in [-0.4, -0.2) is 55.2 Å². The highest BCUT2D eigenvalue weighted by atomic mass is 19.2. The number of halogens is 2. The first kappa shape index (κ1) is 17.8. The molecule has 1 aromatic rings. The molecule has 0 saturated carbocycles. The average molecular weight is 375 g/mol. The third kappa shape index (κ3) is 3.62. The highest BCUT2D eigenvalue weighted by Crippen LogP contribution is 2.31. The van der Waals surface area contributed by atoms with E-state index >= 15 is 0 Å². The second-order valence-corrected chi connectivity index (χ2v) is 6.79. The van der Waals surface area contributed by atoms with Gasteiger partial charge in [-0.1, -0.05) is 0 Å². The maximum Gasteiger partial charge on any atom is 0.232 e. The molecule has 3 heterocycles. The maximum absolute atomic E-state index is 13.6. The number of aliphatic imine (C=N–C) groups is 1. The molecule has 0 aliphatic carbocycles. The Labute approximate surface area is 155 Å². The van der Waals surface area contributed by atoms with Gasteiger partial charge in [-0.05, 0) is 18.1 Å². The number of fused-ring (bicyclic) bond motifs is 1. The fraction of sp³-hybridized carbons (Fsp3) is 0.421. The Bertz CT molecular complexity index is 860. The van der Waals surface area contributed by atoms with E-state index in [1.54, 1.807) is 0 Å². The fourth-order valence-electron chi connectivity index (χ4n) is 3.60. The van der Waals surface area contributed by atoms with Crippen molar-refractivity contribution in [2.24, 2.45) is 4.99 Å². The van der Waals surface area contributed by atoms with E-state index in [-0.39, 0.29) is 24.5 Å². The van der Waals surface area contributed by atoms with Gasteiger partial charge in [-0.2, -0.15) is 0 Å². The van der Waals surface area contributed by atoms with Gasteiger partial charge < -0.3 is 14.5 Å². The summed E-state index contributed by atoms with van der Waals surface area (Å²) in [5.74, 6) is -1.69. The third-order valence-electron chi connectivity index (χ3n) is 4.95. The molecule has 0 N–H and O–H groups in total. The average Bonchev–Trinajstić information content (AvgIpc) is 3.05. The minimum atomic E-state index is -0.976. The number of carbonyl (C=O) groups is 2. The van der Waals surface area contributed by atoms with E-state index in [4.69, 9.17) is 4.74 Å². The standard InChI is InChI=1S/C19H19F2N3O3/c20-15-7-12-1-2-24(17(12)11-16(15)21)19(26)9-13-8-14(25)10-18(22-13)23-3-5-27-6-4-23/h7,10-11H,1-6,8-9H2. The predicted molar refractivity (Wildman–Crippen MR) is 94.6 cm³/mol. The summed E-state index contributed by atoms with van der Waals surface area (Å²) in [6.07, 6.45) is 2.05. The minimum Gasteiger partial charge on any atom is -0.378 e. The SMILES string of the molecule is O=C1C=C(N2CCOCC2)N=C(CC(=O)N2CCc3cc(F)c(F)cc32)C1. The summed E-state index contributed by atoms with van der Waals surface area (Å²) in [4.78, 5) is 32.7. The van der Waals surface area contributed by atoms with Crippen LogP contribution in [0.25, 0.3) is 0 Å². The van der Waals surface area contributed by atoms with Crippen molar-refractivity contribution in [3.63, 3.8) is 0 Å². The van der Waals surface area contributed by atoms with Gasteiger partial charge in [0.25, 0.3) is 0 Å². The zero-order valence-electron chi connectivity index (χ0n) is 14.7. The highest BCUT2D eigenvalue weighted by molar-refractivity contribution is 6.16. The molecule has 1 amide bonds. The van der Waals surface area contributed by atoms with E-state index in [1.165, 1.54) is 11.0 Å². The lowest BCUT2D eigenvalue weighted by Gasteiger charge is -2.30. The number of amides is 1. The van der Waals surface area contributed by atoms with Crippen molar-refractivity contribution in [1.29, 1.82) is 0 Å². The third-order valence-corrected chi connectivity index (χ3v) is 4.95. The quantitative estimate of drug-likeness (QED) is 0.809. The Morgan fingerprint density at radius 2 is 1.89 bits per heavy atom. The van der Waals surface area contributed by atoms with E-state index < -0.39 is 11.6 Å². The van der Waals surface area contributed by atoms with Crippen LogP contribution in [0.1, 0.15) is 18.4 Å². The van der Waals surface area contributed by atoms with Crippen LogP contribution in [0.2, 0.25) is 0 Å². The Morgan fingerprint density at radius 1 is 1.15 bits per heavy atom. The number of benzene rings is 1. The summed E-state index contributed by atoms with van der Waals surface area (Å²) in [6, 6.07) is 2.20. The van der Waals surface area contributed by atoms with E-state index in [0.29, 0.717) is 62.1 Å². The van der Waals surface area contributed by atoms with Crippen LogP contribution in [0.3, 0.4) is 0 Å². The molecule has 3 aliphatic heterocycles. The molecule has 0 unspecified atom stereocenters. The lowest BCUT2D eigenvalue weighted by molar-refractivity contribution is -0.117. The van der Waals surface area contributed by atoms with Crippen LogP contribution in [0, 0.1) is 11.6 Å². The van der Waals surface area contributed by atoms with E-state index in [1.807, 2.05) is 4.90 Å². The molecule has 142 valence electrons. The molecule has 0 spiro atoms. The van der Waals surface area contributed by atoms with Crippen LogP contribution < -0.4 is 4.90 Å². The maximum atomic E-state index is 13.6. The van der Waals surface area contributed by atoms with Crippen LogP contribution in [0.4, 0.5) is 14.5 Å². The van der Waals surface area contributed by atoms with Gasteiger partial charge in [-0.25, -0.2) is 13.8 Å². The van der Waals surface area contributed by atoms with E-state index in [2.05, 4.69) is 4.99 Å². The lowest BCUT2D eigenvalue weighted by atomic mass is 10.1. The van der Waals surface area contributed by atoms with Crippen LogP contribution >= 0.6 is 0 Å². The van der Waals surface area contributed by atoms with Gasteiger partial charge in [0.2, 0.25) is 5.91 Å². The first-order valence-corrected chi connectivity index (χ1v) is 8.93. The van der Waals surface area contributed by atoms with Crippen molar-refractivity contribution in [1.82, 2.24) is 4.90 Å². The van der Waals surface area contributed by atoms with Gasteiger partial charge in [-0.15, -0.1) is 0 Å². The van der Waals surface area contributed by atoms with Crippen molar-refractivity contribution < 1.29 is 23.1 Å². The number of rotatable bonds is 3. The number of carbonyl (C=O) groups excluding carboxylic acids is 2. The van der Waals surface area contributed by atoms with Crippen molar-refractivity contribution in [2.75, 3.05) is 37.7 Å². The molecule has 0 aromatic heterocycles. The molecule has 1 saturated heterocycles. The molecule has 4 rings (SSSR count). The molecular formula is C19H19F2N3O3. The number of ketones is 1. The Balaban J connectivity index is 1.50. The fourth-order valence-corrected chi connectivity index (χ4v) is 3.60. The van der Waals surface area contributed by atoms with Gasteiger partial charge >= 0.3 is 0 Å². The van der Waals surface area contributed by atoms with Crippen molar-refractivity contribution in [2.45, 2.75) is 19.3 Å². The second kappa shape index (κ2) is 7.19. The Morgan fingerprint density at radius 3 is 2.67 bits per heavy atom. The second-order valence-electron chi connectivity index (χ2n) is 6.79. The summed E-state index contributed by atoms with van der Waals surface area (Å²) in [7, 11) is 0. The molecule has 6 nitrogen and oxygen atoms in total. The molecule has 1 fully saturated rings. The molecule has 1 aromatic carbocycles. The largest absolute Gasteiger partial charge is 0.378 e. The minimum absolute atomic E-state index is 0.0220. The van der Waals surface area contributed by atoms with Crippen LogP contribution in [-0.2, 0) is 20.7 Å². The highest BCUT2D eigenvalue weighted by Gasteiger charge is 2.29. The first-order valence-electron chi connectivity index (χ1n) is 8.93. The number of nitrogens with zero attached hydrogens (tertiary/aromatic N) is 3. The van der Waals surface area contributed by atoms with Gasteiger partial charge in [0, 0.05) is 43.9 Å². The van der Waals surface area contributed by atoms with E-state index in [9.17, 15) is 18.4 Å². The summed E-state index contributed by atoms with van der Waals surface area (Å²) in [5, 5.41) is 0. The van der Waals surface area contributed by atoms with Crippen molar-refractivity contribution >= 4 is 23.1 Å². The smallest absolute Gasteiger partial charge is 0.232 e. The molecule has 0 atom stereocenters. The topological polar surface area (TPSA) is 62.2 Å². The van der Waals surface area contributed by atoms with E-state index in [0.717, 1.165) is 12.1 Å². The molecule has 8 heteroatoms. The predicted octanol–water partition coefficient (Wildman–Crippen LogP) is 1.83. The van der Waals surface area contributed by atoms with Crippen molar-refractivity contribution in [3.8, 4) is 0 Å². The summed E-state index contributed by atoms with van der Waals surface area (Å²) in [5.41, 5.74) is 1.49. The summed E-state index contributed by atoms with van der Waals surface area (Å²) in [6.45, 7) is 2.80. The first-order chi connectivity index (χ1) is 13.0. The number of anilines is 1. The normalized spacial score (nSPS) is 19.7. The van der Waals surface area contributed by atoms with Gasteiger partial charge in [-0.3, -0.25) is 9.59 Å². The van der Waals surface area contributed by atoms with Crippen molar-refractivity contribution in [3.05, 3.63) is 41.2 Å². The number of ether oxygens (including phenoxy) is 1. The zero-order valence-corrected chi connectivity index (χ0v) is 14.7. The monoisotopic (exact) mass is 375 g/mol. The molecule has 0 radical (unpaired) electrons. The molecule has 0 bridgehead atoms. The lowest BCUT2D eigenvalue weighted by Crippen LogP contribution is -2.37. The zero-order chi connectivity index (χ0) is 19.0. The molecular weight excluding hydrogens is 356 g/mol. The Kier molecular flexibility index (Phi) is 4.73. The van der Waals surface area contributed by atoms with Gasteiger partial charge in [0.1, 0.15) is 5.82 Å². The van der Waals surface area contributed by atoms with Gasteiger partial charge in [0.15, 0.2) is 17.4 Å². The number of allylic oxidation sites excluding steroid dienone is 1.